The second-order valence-electron chi connectivity index (χ2n) is 9.49. The Bertz CT molecular complexity index is 1710. The number of rotatable bonds is 9. The zero-order chi connectivity index (χ0) is 30.7. The molecule has 0 bridgehead atoms. The van der Waals surface area contributed by atoms with Crippen LogP contribution in [0.4, 0.5) is 10.8 Å². The number of aromatic nitrogens is 2. The summed E-state index contributed by atoms with van der Waals surface area (Å²) in [6.07, 6.45) is 1.48. The van der Waals surface area contributed by atoms with E-state index in [1.165, 1.54) is 49.8 Å². The highest BCUT2D eigenvalue weighted by Gasteiger charge is 2.42. The number of methoxy groups -OCH3 is 2. The van der Waals surface area contributed by atoms with Crippen molar-refractivity contribution in [3.05, 3.63) is 76.3 Å². The van der Waals surface area contributed by atoms with E-state index in [1.807, 2.05) is 0 Å². The maximum absolute atomic E-state index is 13.5. The topological polar surface area (TPSA) is 181 Å². The lowest BCUT2D eigenvalue weighted by Crippen LogP contribution is -2.38. The molecule has 2 heterocycles. The lowest BCUT2D eigenvalue weighted by molar-refractivity contribution is -0.116. The largest absolute Gasteiger partial charge is 0.497 e. The van der Waals surface area contributed by atoms with Crippen LogP contribution in [0.1, 0.15) is 41.1 Å². The van der Waals surface area contributed by atoms with Crippen LogP contribution in [0.5, 0.6) is 11.5 Å². The number of nitrogens with zero attached hydrogens (tertiary/aromatic N) is 4. The van der Waals surface area contributed by atoms with E-state index >= 15 is 0 Å². The number of nitrogens with two attached hydrogens (primary N) is 1. The molecule has 3 aromatic rings. The number of Topliss-reactive ketones (excluding diaryl/α,β-unsaturated/α-hetero) is 1. The van der Waals surface area contributed by atoms with Crippen LogP contribution < -0.4 is 25.4 Å². The number of aromatic carboxylic acids is 1. The van der Waals surface area contributed by atoms with Crippen LogP contribution in [-0.4, -0.2) is 52.9 Å². The number of thioether (sulfide) groups is 1. The Labute approximate surface area is 254 Å². The average molecular weight is 619 g/mol. The normalized spacial score (nSPS) is 16.4. The predicted octanol–water partition coefficient (Wildman–Crippen LogP) is 4.29. The lowest BCUT2D eigenvalue weighted by Gasteiger charge is -2.38. The van der Waals surface area contributed by atoms with E-state index in [0.29, 0.717) is 62.8 Å². The number of hydrogen-bond acceptors (Lipinski definition) is 12. The standard InChI is InChI=1S/C29H26N6O6S2/c1-40-17-10-11-22(41-2)18(12-17)24-19(13-30)26(31)35(20-4-3-5-21(36)25(20)24)28-33-34-29(43-28)42-14-23(37)32-16-8-6-15(7-9-16)27(38)39/h6-12,24H,3-5,14,31H2,1-2H3,(H,32,37)(H,38,39). The first-order valence-corrected chi connectivity index (χ1v) is 14.8. The third kappa shape index (κ3) is 5.90. The quantitative estimate of drug-likeness (QED) is 0.290. The number of ether oxygens (including phenoxy) is 2. The number of amides is 1. The maximum atomic E-state index is 13.5. The van der Waals surface area contributed by atoms with E-state index in [-0.39, 0.29) is 34.4 Å². The van der Waals surface area contributed by atoms with Gasteiger partial charge in [0.1, 0.15) is 17.3 Å². The van der Waals surface area contributed by atoms with Crippen LogP contribution in [0.2, 0.25) is 0 Å². The summed E-state index contributed by atoms with van der Waals surface area (Å²) in [6, 6.07) is 13.3. The predicted molar refractivity (Wildman–Crippen MR) is 160 cm³/mol. The number of ketones is 1. The van der Waals surface area contributed by atoms with Gasteiger partial charge in [-0.2, -0.15) is 5.26 Å². The molecule has 0 saturated heterocycles. The van der Waals surface area contributed by atoms with Gasteiger partial charge in [-0.1, -0.05) is 23.1 Å². The molecule has 220 valence electrons. The molecule has 5 rings (SSSR count). The van der Waals surface area contributed by atoms with E-state index in [1.54, 1.807) is 23.1 Å². The van der Waals surface area contributed by atoms with Gasteiger partial charge in [0.05, 0.1) is 43.1 Å². The Kier molecular flexibility index (Phi) is 8.65. The van der Waals surface area contributed by atoms with Gasteiger partial charge in [-0.25, -0.2) is 4.79 Å². The average Bonchev–Trinajstić information content (AvgIpc) is 3.48. The first-order chi connectivity index (χ1) is 20.7. The molecule has 2 aliphatic rings. The molecule has 14 heteroatoms. The van der Waals surface area contributed by atoms with Crippen molar-refractivity contribution in [2.75, 3.05) is 30.2 Å². The smallest absolute Gasteiger partial charge is 0.335 e. The highest BCUT2D eigenvalue weighted by atomic mass is 32.2. The summed E-state index contributed by atoms with van der Waals surface area (Å²) < 4.78 is 11.5. The zero-order valence-corrected chi connectivity index (χ0v) is 24.8. The molecule has 1 aliphatic heterocycles. The van der Waals surface area contributed by atoms with Crippen molar-refractivity contribution in [3.8, 4) is 17.6 Å². The minimum absolute atomic E-state index is 0.0220. The monoisotopic (exact) mass is 618 g/mol. The van der Waals surface area contributed by atoms with Crippen molar-refractivity contribution in [2.24, 2.45) is 5.73 Å². The van der Waals surface area contributed by atoms with E-state index in [0.717, 1.165) is 11.8 Å². The van der Waals surface area contributed by atoms with Gasteiger partial charge in [-0.05, 0) is 55.3 Å². The molecule has 1 atom stereocenters. The lowest BCUT2D eigenvalue weighted by atomic mass is 9.75. The molecule has 0 spiro atoms. The number of carboxylic acid groups (broad SMARTS) is 1. The third-order valence-electron chi connectivity index (χ3n) is 6.99. The van der Waals surface area contributed by atoms with E-state index in [2.05, 4.69) is 21.6 Å². The van der Waals surface area contributed by atoms with Gasteiger partial charge in [-0.15, -0.1) is 10.2 Å². The highest BCUT2D eigenvalue weighted by Crippen LogP contribution is 2.49. The number of hydrogen-bond donors (Lipinski definition) is 3. The van der Waals surface area contributed by atoms with Gasteiger partial charge in [0.15, 0.2) is 10.1 Å². The SMILES string of the molecule is COc1ccc(OC)c(C2C(C#N)=C(N)N(c3nnc(SCC(=O)Nc4ccc(C(=O)O)cc4)s3)C3=C2C(=O)CCC3)c1. The molecule has 12 nitrogen and oxygen atoms in total. The fourth-order valence-corrected chi connectivity index (χ4v) is 6.73. The van der Waals surface area contributed by atoms with Crippen LogP contribution in [0.3, 0.4) is 0 Å². The number of nitrogens with one attached hydrogen (secondary N) is 1. The Morgan fingerprint density at radius 1 is 1.19 bits per heavy atom. The Hall–Kier alpha value is -4.87. The summed E-state index contributed by atoms with van der Waals surface area (Å²) in [5.74, 6) is -0.996. The van der Waals surface area contributed by atoms with Gasteiger partial charge in [-0.3, -0.25) is 14.5 Å². The van der Waals surface area contributed by atoms with Gasteiger partial charge >= 0.3 is 5.97 Å². The molecule has 1 amide bonds. The number of benzene rings is 2. The molecular weight excluding hydrogens is 592 g/mol. The Balaban J connectivity index is 1.42. The minimum Gasteiger partial charge on any atom is -0.497 e. The molecule has 4 N–H and O–H groups in total. The fraction of sp³-hybridized carbons (Fsp3) is 0.241. The molecular formula is C29H26N6O6S2. The molecule has 1 aromatic heterocycles. The number of anilines is 2. The molecule has 1 aliphatic carbocycles. The van der Waals surface area contributed by atoms with Crippen LogP contribution in [-0.2, 0) is 9.59 Å². The molecule has 2 aromatic carbocycles. The Morgan fingerprint density at radius 2 is 1.95 bits per heavy atom. The molecule has 1 unspecified atom stereocenters. The van der Waals surface area contributed by atoms with Gasteiger partial charge in [0.2, 0.25) is 11.0 Å². The second kappa shape index (κ2) is 12.6. The van der Waals surface area contributed by atoms with Crippen molar-refractivity contribution in [3.63, 3.8) is 0 Å². The summed E-state index contributed by atoms with van der Waals surface area (Å²) in [5, 5.41) is 30.9. The van der Waals surface area contributed by atoms with E-state index in [4.69, 9.17) is 20.3 Å². The van der Waals surface area contributed by atoms with Crippen molar-refractivity contribution in [1.82, 2.24) is 10.2 Å². The van der Waals surface area contributed by atoms with Gasteiger partial charge in [0, 0.05) is 28.9 Å². The van der Waals surface area contributed by atoms with Crippen molar-refractivity contribution in [2.45, 2.75) is 29.5 Å². The van der Waals surface area contributed by atoms with Crippen molar-refractivity contribution < 1.29 is 29.0 Å². The van der Waals surface area contributed by atoms with Crippen molar-refractivity contribution in [1.29, 1.82) is 5.26 Å². The second-order valence-corrected chi connectivity index (χ2v) is 11.7. The van der Waals surface area contributed by atoms with Crippen molar-refractivity contribution >= 4 is 51.6 Å². The number of carbonyl (C=O) groups is 3. The molecule has 0 saturated carbocycles. The number of carboxylic acids is 1. The highest BCUT2D eigenvalue weighted by molar-refractivity contribution is 8.01. The molecule has 0 fully saturated rings. The fourth-order valence-electron chi connectivity index (χ4n) is 5.05. The Morgan fingerprint density at radius 3 is 2.63 bits per heavy atom. The minimum atomic E-state index is -1.05. The number of nitriles is 1. The third-order valence-corrected chi connectivity index (χ3v) is 9.03. The maximum Gasteiger partial charge on any atom is 0.335 e. The van der Waals surface area contributed by atoms with Crippen LogP contribution >= 0.6 is 23.1 Å². The van der Waals surface area contributed by atoms with E-state index < -0.39 is 11.9 Å². The van der Waals surface area contributed by atoms with Crippen LogP contribution in [0.25, 0.3) is 0 Å². The first-order valence-electron chi connectivity index (χ1n) is 13.0. The summed E-state index contributed by atoms with van der Waals surface area (Å²) >= 11 is 2.35. The summed E-state index contributed by atoms with van der Waals surface area (Å²) in [6.45, 7) is 0. The summed E-state index contributed by atoms with van der Waals surface area (Å²) in [7, 11) is 3.06. The zero-order valence-electron chi connectivity index (χ0n) is 23.1. The summed E-state index contributed by atoms with van der Waals surface area (Å²) in [5.41, 5.74) is 9.12. The van der Waals surface area contributed by atoms with Crippen LogP contribution in [0, 0.1) is 11.3 Å². The van der Waals surface area contributed by atoms with Gasteiger partial charge < -0.3 is 25.6 Å². The molecule has 43 heavy (non-hydrogen) atoms. The number of carbonyl (C=O) groups excluding carboxylic acids is 2. The first kappa shape index (κ1) is 29.6. The van der Waals surface area contributed by atoms with E-state index in [9.17, 15) is 19.6 Å². The molecule has 0 radical (unpaired) electrons. The summed E-state index contributed by atoms with van der Waals surface area (Å²) in [4.78, 5) is 38.6. The van der Waals surface area contributed by atoms with Gasteiger partial charge in [0.25, 0.3) is 0 Å². The number of allylic oxidation sites excluding steroid dienone is 3. The van der Waals surface area contributed by atoms with Crippen LogP contribution in [0.15, 0.2) is 69.5 Å².